The maximum absolute atomic E-state index is 12.1. The van der Waals surface area contributed by atoms with Crippen LogP contribution in [-0.2, 0) is 14.3 Å². The second-order valence-electron chi connectivity index (χ2n) is 5.24. The zero-order valence-corrected chi connectivity index (χ0v) is 15.4. The highest BCUT2D eigenvalue weighted by molar-refractivity contribution is 6.36. The minimum atomic E-state index is -1.12. The van der Waals surface area contributed by atoms with Gasteiger partial charge in [-0.3, -0.25) is 14.9 Å². The summed E-state index contributed by atoms with van der Waals surface area (Å²) in [6, 6.07) is 7.11. The van der Waals surface area contributed by atoms with Crippen LogP contribution in [-0.4, -0.2) is 27.9 Å². The molecule has 0 fully saturated rings. The minimum Gasteiger partial charge on any atom is -0.449 e. The smallest absolute Gasteiger partial charge is 0.331 e. The van der Waals surface area contributed by atoms with Gasteiger partial charge in [-0.05, 0) is 24.6 Å². The van der Waals surface area contributed by atoms with Gasteiger partial charge in [-0.1, -0.05) is 35.3 Å². The zero-order chi connectivity index (χ0) is 20.0. The van der Waals surface area contributed by atoms with E-state index < -0.39 is 22.9 Å². The maximum Gasteiger partial charge on any atom is 0.331 e. The van der Waals surface area contributed by atoms with Crippen LogP contribution in [0.5, 0.6) is 0 Å². The van der Waals surface area contributed by atoms with Gasteiger partial charge < -0.3 is 10.1 Å². The summed E-state index contributed by atoms with van der Waals surface area (Å²) in [4.78, 5) is 37.9. The molecular weight excluding hydrogens is 397 g/mol. The van der Waals surface area contributed by atoms with E-state index in [-0.39, 0.29) is 16.5 Å². The standard InChI is InChI=1S/C17H13Cl2N3O5/c1-10(17(24)21-16-14(19)8-12(18)9-20-16)27-15(23)6-5-11-3-2-4-13(7-11)22(25)26/h2-10H,1H3,(H,20,21,24). The van der Waals surface area contributed by atoms with Crippen molar-refractivity contribution in [3.8, 4) is 0 Å². The fourth-order valence-corrected chi connectivity index (χ4v) is 2.33. The largest absolute Gasteiger partial charge is 0.449 e. The second kappa shape index (κ2) is 9.11. The van der Waals surface area contributed by atoms with Gasteiger partial charge in [0.05, 0.1) is 15.0 Å². The van der Waals surface area contributed by atoms with Crippen molar-refractivity contribution in [1.29, 1.82) is 0 Å². The summed E-state index contributed by atoms with van der Waals surface area (Å²) < 4.78 is 4.98. The number of carbonyl (C=O) groups excluding carboxylic acids is 2. The first kappa shape index (κ1) is 20.3. The van der Waals surface area contributed by atoms with E-state index in [2.05, 4.69) is 10.3 Å². The summed E-state index contributed by atoms with van der Waals surface area (Å²) in [6.07, 6.45) is 2.59. The molecule has 1 aromatic heterocycles. The van der Waals surface area contributed by atoms with Crippen molar-refractivity contribution in [2.24, 2.45) is 0 Å². The molecule has 0 aliphatic heterocycles. The minimum absolute atomic E-state index is 0.0844. The third-order valence-electron chi connectivity index (χ3n) is 3.20. The first-order valence-corrected chi connectivity index (χ1v) is 8.27. The van der Waals surface area contributed by atoms with Crippen molar-refractivity contribution >= 4 is 52.7 Å². The van der Waals surface area contributed by atoms with E-state index in [0.717, 1.165) is 6.08 Å². The van der Waals surface area contributed by atoms with Gasteiger partial charge in [0.15, 0.2) is 11.9 Å². The Hall–Kier alpha value is -2.97. The molecule has 140 valence electrons. The first-order chi connectivity index (χ1) is 12.8. The van der Waals surface area contributed by atoms with Gasteiger partial charge in [0.1, 0.15) is 0 Å². The number of hydrogen-bond acceptors (Lipinski definition) is 6. The third kappa shape index (κ3) is 6.05. The Balaban J connectivity index is 1.95. The number of non-ortho nitro benzene ring substituents is 1. The Bertz CT molecular complexity index is 917. The van der Waals surface area contributed by atoms with Crippen LogP contribution < -0.4 is 5.32 Å². The monoisotopic (exact) mass is 409 g/mol. The molecule has 0 saturated heterocycles. The van der Waals surface area contributed by atoms with Crippen molar-refractivity contribution in [1.82, 2.24) is 4.98 Å². The fraction of sp³-hybridized carbons (Fsp3) is 0.118. The number of rotatable bonds is 6. The van der Waals surface area contributed by atoms with Crippen molar-refractivity contribution < 1.29 is 19.2 Å². The topological polar surface area (TPSA) is 111 Å². The number of aromatic nitrogens is 1. The van der Waals surface area contributed by atoms with Gasteiger partial charge in [-0.2, -0.15) is 0 Å². The summed E-state index contributed by atoms with van der Waals surface area (Å²) in [6.45, 7) is 1.37. The fourth-order valence-electron chi connectivity index (χ4n) is 1.90. The summed E-state index contributed by atoms with van der Waals surface area (Å²) in [7, 11) is 0. The lowest BCUT2D eigenvalue weighted by Crippen LogP contribution is -2.29. The second-order valence-corrected chi connectivity index (χ2v) is 6.08. The quantitative estimate of drug-likeness (QED) is 0.335. The summed E-state index contributed by atoms with van der Waals surface area (Å²) >= 11 is 11.6. The molecule has 0 aliphatic rings. The molecule has 27 heavy (non-hydrogen) atoms. The maximum atomic E-state index is 12.1. The Morgan fingerprint density at radius 2 is 2.07 bits per heavy atom. The Morgan fingerprint density at radius 1 is 1.33 bits per heavy atom. The van der Waals surface area contributed by atoms with Gasteiger partial charge in [0.25, 0.3) is 11.6 Å². The van der Waals surface area contributed by atoms with Crippen LogP contribution in [0.15, 0.2) is 42.6 Å². The van der Waals surface area contributed by atoms with Crippen molar-refractivity contribution in [2.45, 2.75) is 13.0 Å². The lowest BCUT2D eigenvalue weighted by Gasteiger charge is -2.12. The average molecular weight is 410 g/mol. The van der Waals surface area contributed by atoms with Gasteiger partial charge in [0.2, 0.25) is 0 Å². The molecule has 1 heterocycles. The molecule has 0 radical (unpaired) electrons. The number of amides is 1. The van der Waals surface area contributed by atoms with Gasteiger partial charge in [-0.15, -0.1) is 0 Å². The number of nitrogens with zero attached hydrogens (tertiary/aromatic N) is 2. The molecular formula is C17H13Cl2N3O5. The molecule has 2 aromatic rings. The molecule has 1 amide bonds. The number of nitrogens with one attached hydrogen (secondary N) is 1. The average Bonchev–Trinajstić information content (AvgIpc) is 2.62. The molecule has 0 aliphatic carbocycles. The normalized spacial score (nSPS) is 11.8. The highest BCUT2D eigenvalue weighted by Crippen LogP contribution is 2.22. The van der Waals surface area contributed by atoms with E-state index in [4.69, 9.17) is 27.9 Å². The van der Waals surface area contributed by atoms with Crippen LogP contribution in [0, 0.1) is 10.1 Å². The molecule has 1 unspecified atom stereocenters. The van der Waals surface area contributed by atoms with Crippen LogP contribution in [0.3, 0.4) is 0 Å². The molecule has 8 nitrogen and oxygen atoms in total. The molecule has 10 heteroatoms. The summed E-state index contributed by atoms with van der Waals surface area (Å²) in [5.41, 5.74) is 0.334. The molecule has 0 spiro atoms. The summed E-state index contributed by atoms with van der Waals surface area (Å²) in [5.74, 6) is -1.34. The number of ether oxygens (including phenoxy) is 1. The number of nitro benzene ring substituents is 1. The summed E-state index contributed by atoms with van der Waals surface area (Å²) in [5, 5.41) is 13.6. The predicted octanol–water partition coefficient (Wildman–Crippen LogP) is 3.88. The number of anilines is 1. The molecule has 0 saturated carbocycles. The number of carbonyl (C=O) groups is 2. The highest BCUT2D eigenvalue weighted by atomic mass is 35.5. The van der Waals surface area contributed by atoms with Crippen molar-refractivity contribution in [2.75, 3.05) is 5.32 Å². The van der Waals surface area contributed by atoms with Crippen LogP contribution in [0.1, 0.15) is 12.5 Å². The predicted molar refractivity (Wildman–Crippen MR) is 101 cm³/mol. The van der Waals surface area contributed by atoms with E-state index in [1.165, 1.54) is 43.5 Å². The number of benzene rings is 1. The third-order valence-corrected chi connectivity index (χ3v) is 3.70. The number of hydrogen-bond donors (Lipinski definition) is 1. The molecule has 1 atom stereocenters. The molecule has 1 aromatic carbocycles. The van der Waals surface area contributed by atoms with Crippen LogP contribution in [0.4, 0.5) is 11.5 Å². The lowest BCUT2D eigenvalue weighted by atomic mass is 10.2. The Labute approximate surface area is 163 Å². The SMILES string of the molecule is CC(OC(=O)C=Cc1cccc([N+](=O)[O-])c1)C(=O)Nc1ncc(Cl)cc1Cl. The number of halogens is 2. The van der Waals surface area contributed by atoms with Gasteiger partial charge >= 0.3 is 5.97 Å². The molecule has 2 rings (SSSR count). The van der Waals surface area contributed by atoms with E-state index in [0.29, 0.717) is 10.6 Å². The first-order valence-electron chi connectivity index (χ1n) is 7.51. The van der Waals surface area contributed by atoms with Gasteiger partial charge in [-0.25, -0.2) is 9.78 Å². The lowest BCUT2D eigenvalue weighted by molar-refractivity contribution is -0.384. The van der Waals surface area contributed by atoms with Gasteiger partial charge in [0, 0.05) is 24.4 Å². The van der Waals surface area contributed by atoms with E-state index in [1.807, 2.05) is 0 Å². The number of pyridine rings is 1. The zero-order valence-electron chi connectivity index (χ0n) is 13.9. The Morgan fingerprint density at radius 3 is 2.74 bits per heavy atom. The molecule has 1 N–H and O–H groups in total. The highest BCUT2D eigenvalue weighted by Gasteiger charge is 2.18. The van der Waals surface area contributed by atoms with Crippen LogP contribution >= 0.6 is 23.2 Å². The van der Waals surface area contributed by atoms with E-state index in [1.54, 1.807) is 6.07 Å². The number of esters is 1. The molecule has 0 bridgehead atoms. The number of nitro groups is 1. The van der Waals surface area contributed by atoms with Crippen molar-refractivity contribution in [3.63, 3.8) is 0 Å². The van der Waals surface area contributed by atoms with Crippen molar-refractivity contribution in [3.05, 3.63) is 68.3 Å². The van der Waals surface area contributed by atoms with E-state index >= 15 is 0 Å². The van der Waals surface area contributed by atoms with E-state index in [9.17, 15) is 19.7 Å². The Kier molecular flexibility index (Phi) is 6.86. The van der Waals surface area contributed by atoms with Crippen LogP contribution in [0.25, 0.3) is 6.08 Å². The van der Waals surface area contributed by atoms with Crippen LogP contribution in [0.2, 0.25) is 10.0 Å².